The lowest BCUT2D eigenvalue weighted by molar-refractivity contribution is -0.121. The van der Waals surface area contributed by atoms with Gasteiger partial charge in [0.25, 0.3) is 0 Å². The highest BCUT2D eigenvalue weighted by molar-refractivity contribution is 5.77. The van der Waals surface area contributed by atoms with Crippen molar-refractivity contribution in [1.82, 2.24) is 19.4 Å². The second-order valence-electron chi connectivity index (χ2n) is 9.18. The third-order valence-electron chi connectivity index (χ3n) is 6.61. The average Bonchev–Trinajstić information content (AvgIpc) is 3.12. The second-order valence-corrected chi connectivity index (χ2v) is 9.18. The van der Waals surface area contributed by atoms with E-state index >= 15 is 0 Å². The van der Waals surface area contributed by atoms with Gasteiger partial charge in [-0.05, 0) is 50.6 Å². The molecule has 0 spiro atoms. The maximum absolute atomic E-state index is 13.0. The Balaban J connectivity index is 1.46. The van der Waals surface area contributed by atoms with Gasteiger partial charge in [0.1, 0.15) is 0 Å². The fourth-order valence-electron chi connectivity index (χ4n) is 4.64. The normalized spacial score (nSPS) is 14.7. The maximum Gasteiger partial charge on any atom is 0.317 e. The molecule has 0 bridgehead atoms. The fraction of sp³-hybridized carbons (Fsp3) is 0.444. The lowest BCUT2D eigenvalue weighted by Gasteiger charge is -2.19. The molecule has 1 aliphatic rings. The third-order valence-corrected chi connectivity index (χ3v) is 6.61. The summed E-state index contributed by atoms with van der Waals surface area (Å²) in [5.74, 6) is -0.102. The van der Waals surface area contributed by atoms with Crippen molar-refractivity contribution in [3.63, 3.8) is 0 Å². The van der Waals surface area contributed by atoms with Crippen molar-refractivity contribution in [2.24, 2.45) is 0 Å². The van der Waals surface area contributed by atoms with Crippen LogP contribution in [0.2, 0.25) is 0 Å². The highest BCUT2D eigenvalue weighted by atomic mass is 16.2. The van der Waals surface area contributed by atoms with E-state index in [-0.39, 0.29) is 18.9 Å². The van der Waals surface area contributed by atoms with Gasteiger partial charge < -0.3 is 14.8 Å². The molecule has 0 atom stereocenters. The second kappa shape index (κ2) is 11.3. The van der Waals surface area contributed by atoms with Crippen LogP contribution in [-0.2, 0) is 17.9 Å². The van der Waals surface area contributed by atoms with E-state index in [9.17, 15) is 14.4 Å². The van der Waals surface area contributed by atoms with Gasteiger partial charge in [0, 0.05) is 26.1 Å². The Labute approximate surface area is 200 Å². The van der Waals surface area contributed by atoms with Crippen molar-refractivity contribution < 1.29 is 4.79 Å². The molecule has 1 N–H and O–H groups in total. The summed E-state index contributed by atoms with van der Waals surface area (Å²) >= 11 is 0. The van der Waals surface area contributed by atoms with Crippen LogP contribution in [-0.4, -0.2) is 46.1 Å². The summed E-state index contributed by atoms with van der Waals surface area (Å²) in [5, 5.41) is 2.97. The smallest absolute Gasteiger partial charge is 0.317 e. The van der Waals surface area contributed by atoms with Gasteiger partial charge in [0.15, 0.2) is 0 Å². The van der Waals surface area contributed by atoms with Gasteiger partial charge >= 0.3 is 11.1 Å². The fourth-order valence-corrected chi connectivity index (χ4v) is 4.64. The summed E-state index contributed by atoms with van der Waals surface area (Å²) in [6.07, 6.45) is 5.18. The number of rotatable bonds is 8. The molecule has 2 aromatic carbocycles. The van der Waals surface area contributed by atoms with Gasteiger partial charge in [-0.2, -0.15) is 0 Å². The zero-order valence-electron chi connectivity index (χ0n) is 20.0. The highest BCUT2D eigenvalue weighted by Crippen LogP contribution is 2.13. The maximum atomic E-state index is 13.0. The first kappa shape index (κ1) is 24.0. The first-order valence-corrected chi connectivity index (χ1v) is 12.3. The zero-order chi connectivity index (χ0) is 23.9. The van der Waals surface area contributed by atoms with Crippen LogP contribution in [0.3, 0.4) is 0 Å². The Morgan fingerprint density at radius 3 is 2.12 bits per heavy atom. The number of nitrogens with one attached hydrogen (secondary N) is 1. The molecule has 0 saturated carbocycles. The van der Waals surface area contributed by atoms with Crippen molar-refractivity contribution in [2.45, 2.75) is 52.1 Å². The van der Waals surface area contributed by atoms with E-state index in [1.807, 2.05) is 55.5 Å². The van der Waals surface area contributed by atoms with E-state index in [0.717, 1.165) is 30.8 Å². The van der Waals surface area contributed by atoms with Crippen LogP contribution in [0.1, 0.15) is 43.2 Å². The molecule has 1 aromatic heterocycles. The minimum Gasteiger partial charge on any atom is -0.355 e. The number of carbonyl (C=O) groups is 1. The van der Waals surface area contributed by atoms with Crippen molar-refractivity contribution in [3.8, 4) is 0 Å². The average molecular weight is 463 g/mol. The van der Waals surface area contributed by atoms with E-state index in [4.69, 9.17) is 0 Å². The SMILES string of the molecule is Cc1ccc(Cn2c(=O)c(=O)n(CCC(=O)NCCN3CCCCCC3)c3ccccc32)cc1. The van der Waals surface area contributed by atoms with E-state index in [1.54, 1.807) is 0 Å². The van der Waals surface area contributed by atoms with Crippen LogP contribution in [0.25, 0.3) is 11.0 Å². The number of carbonyl (C=O) groups excluding carboxylic acids is 1. The van der Waals surface area contributed by atoms with Gasteiger partial charge in [-0.15, -0.1) is 0 Å². The van der Waals surface area contributed by atoms with Crippen molar-refractivity contribution >= 4 is 16.9 Å². The number of likely N-dealkylation sites (tertiary alicyclic amines) is 1. The Morgan fingerprint density at radius 1 is 0.824 bits per heavy atom. The van der Waals surface area contributed by atoms with Crippen LogP contribution >= 0.6 is 0 Å². The van der Waals surface area contributed by atoms with E-state index in [1.165, 1.54) is 34.8 Å². The molecule has 7 heteroatoms. The van der Waals surface area contributed by atoms with Crippen LogP contribution in [0.4, 0.5) is 0 Å². The van der Waals surface area contributed by atoms with Crippen LogP contribution in [0.5, 0.6) is 0 Å². The van der Waals surface area contributed by atoms with Crippen molar-refractivity contribution in [2.75, 3.05) is 26.2 Å². The summed E-state index contributed by atoms with van der Waals surface area (Å²) in [6, 6.07) is 15.3. The van der Waals surface area contributed by atoms with Gasteiger partial charge in [-0.1, -0.05) is 54.8 Å². The number of amides is 1. The molecule has 180 valence electrons. The molecule has 7 nitrogen and oxygen atoms in total. The lowest BCUT2D eigenvalue weighted by atomic mass is 10.1. The molecular formula is C27H34N4O3. The van der Waals surface area contributed by atoms with E-state index in [0.29, 0.717) is 24.1 Å². The molecule has 0 radical (unpaired) electrons. The number of fused-ring (bicyclic) bond motifs is 1. The Hall–Kier alpha value is -3.19. The molecule has 1 aliphatic heterocycles. The first-order valence-electron chi connectivity index (χ1n) is 12.3. The molecule has 1 fully saturated rings. The highest BCUT2D eigenvalue weighted by Gasteiger charge is 2.15. The molecule has 4 rings (SSSR count). The monoisotopic (exact) mass is 462 g/mol. The summed E-state index contributed by atoms with van der Waals surface area (Å²) in [5.41, 5.74) is 2.29. The summed E-state index contributed by atoms with van der Waals surface area (Å²) in [7, 11) is 0. The number of nitrogens with zero attached hydrogens (tertiary/aromatic N) is 3. The molecule has 1 amide bonds. The Kier molecular flexibility index (Phi) is 7.95. The minimum atomic E-state index is -0.594. The summed E-state index contributed by atoms with van der Waals surface area (Å²) in [4.78, 5) is 40.9. The molecule has 0 aliphatic carbocycles. The third kappa shape index (κ3) is 5.83. The predicted molar refractivity (Wildman–Crippen MR) is 135 cm³/mol. The van der Waals surface area contributed by atoms with Crippen LogP contribution in [0, 0.1) is 6.92 Å². The van der Waals surface area contributed by atoms with E-state index < -0.39 is 11.1 Å². The Bertz CT molecular complexity index is 1240. The number of benzene rings is 2. The van der Waals surface area contributed by atoms with Crippen LogP contribution in [0.15, 0.2) is 58.1 Å². The van der Waals surface area contributed by atoms with Gasteiger partial charge in [-0.25, -0.2) is 0 Å². The number of hydrogen-bond donors (Lipinski definition) is 1. The molecule has 3 aromatic rings. The quantitative estimate of drug-likeness (QED) is 0.523. The van der Waals surface area contributed by atoms with Crippen molar-refractivity contribution in [3.05, 3.63) is 80.4 Å². The van der Waals surface area contributed by atoms with Gasteiger partial charge in [0.05, 0.1) is 17.6 Å². The molecule has 34 heavy (non-hydrogen) atoms. The Morgan fingerprint density at radius 2 is 1.44 bits per heavy atom. The molecule has 0 unspecified atom stereocenters. The predicted octanol–water partition coefficient (Wildman–Crippen LogP) is 2.90. The van der Waals surface area contributed by atoms with E-state index in [2.05, 4.69) is 10.2 Å². The minimum absolute atomic E-state index is 0.102. The number of para-hydroxylation sites is 2. The first-order chi connectivity index (χ1) is 16.5. The lowest BCUT2D eigenvalue weighted by Crippen LogP contribution is -2.42. The number of aryl methyl sites for hydroxylation is 2. The number of hydrogen-bond acceptors (Lipinski definition) is 4. The summed E-state index contributed by atoms with van der Waals surface area (Å²) in [6.45, 7) is 6.16. The molecule has 1 saturated heterocycles. The van der Waals surface area contributed by atoms with Crippen molar-refractivity contribution in [1.29, 1.82) is 0 Å². The molecular weight excluding hydrogens is 428 g/mol. The van der Waals surface area contributed by atoms with Crippen LogP contribution < -0.4 is 16.4 Å². The standard InChI is InChI=1S/C27H34N4O3/c1-21-10-12-22(13-11-21)20-31-24-9-5-4-8-23(24)30(26(33)27(31)34)18-14-25(32)28-15-19-29-16-6-2-3-7-17-29/h4-5,8-13H,2-3,6-7,14-20H2,1H3,(H,28,32). The van der Waals surface area contributed by atoms with Gasteiger partial charge in [0.2, 0.25) is 5.91 Å². The molecule has 2 heterocycles. The summed E-state index contributed by atoms with van der Waals surface area (Å²) < 4.78 is 2.97. The number of aromatic nitrogens is 2. The van der Waals surface area contributed by atoms with Gasteiger partial charge in [-0.3, -0.25) is 19.0 Å². The zero-order valence-corrected chi connectivity index (χ0v) is 20.0. The largest absolute Gasteiger partial charge is 0.355 e. The topological polar surface area (TPSA) is 76.3 Å².